The highest BCUT2D eigenvalue weighted by atomic mass is 32.2. The minimum atomic E-state index is -0.494. The van der Waals surface area contributed by atoms with Crippen molar-refractivity contribution in [2.24, 2.45) is 13.0 Å². The third-order valence-electron chi connectivity index (χ3n) is 1.85. The molecule has 0 bridgehead atoms. The molecule has 1 aromatic rings. The van der Waals surface area contributed by atoms with Crippen LogP contribution in [0.25, 0.3) is 0 Å². The van der Waals surface area contributed by atoms with E-state index >= 15 is 0 Å². The summed E-state index contributed by atoms with van der Waals surface area (Å²) in [6.45, 7) is 1.97. The number of nitrogens with zero attached hydrogens (tertiary/aromatic N) is 3. The average molecular weight is 231 g/mol. The molecule has 0 aliphatic carbocycles. The molecule has 0 amide bonds. The number of thioether (sulfide) groups is 1. The number of rotatable bonds is 5. The van der Waals surface area contributed by atoms with Crippen molar-refractivity contribution in [2.75, 3.05) is 12.4 Å². The van der Waals surface area contributed by atoms with Crippen LogP contribution in [0, 0.1) is 16.0 Å². The number of hydrogen-bond acceptors (Lipinski definition) is 5. The minimum absolute atomic E-state index is 0.0820. The molecule has 0 radical (unpaired) electrons. The Morgan fingerprint density at radius 3 is 3.00 bits per heavy atom. The molecule has 0 fully saturated rings. The number of imidazole rings is 1. The second-order valence-corrected chi connectivity index (χ2v) is 4.35. The molecule has 1 unspecified atom stereocenters. The van der Waals surface area contributed by atoms with E-state index in [1.54, 1.807) is 11.6 Å². The van der Waals surface area contributed by atoms with Crippen molar-refractivity contribution in [1.82, 2.24) is 9.55 Å². The number of aliphatic hydroxyl groups is 1. The predicted octanol–water partition coefficient (Wildman–Crippen LogP) is 1.05. The summed E-state index contributed by atoms with van der Waals surface area (Å²) >= 11 is 1.34. The van der Waals surface area contributed by atoms with E-state index < -0.39 is 4.92 Å². The zero-order valence-corrected chi connectivity index (χ0v) is 9.40. The molecule has 15 heavy (non-hydrogen) atoms. The lowest BCUT2D eigenvalue weighted by molar-refractivity contribution is -0.392. The molecule has 0 aliphatic heterocycles. The van der Waals surface area contributed by atoms with Crippen LogP contribution in [0.15, 0.2) is 11.4 Å². The molecule has 0 spiro atoms. The highest BCUT2D eigenvalue weighted by Gasteiger charge is 2.20. The Bertz CT molecular complexity index is 353. The fourth-order valence-electron chi connectivity index (χ4n) is 0.972. The molecule has 6 nitrogen and oxygen atoms in total. The third-order valence-corrected chi connectivity index (χ3v) is 3.33. The summed E-state index contributed by atoms with van der Waals surface area (Å²) in [5, 5.41) is 20.0. The third kappa shape index (κ3) is 2.93. The van der Waals surface area contributed by atoms with Crippen LogP contribution >= 0.6 is 11.8 Å². The number of aromatic nitrogens is 2. The maximum absolute atomic E-state index is 10.6. The molecule has 1 atom stereocenters. The summed E-state index contributed by atoms with van der Waals surface area (Å²) in [6.07, 6.45) is 1.42. The van der Waals surface area contributed by atoms with Gasteiger partial charge < -0.3 is 19.8 Å². The highest BCUT2D eigenvalue weighted by molar-refractivity contribution is 7.99. The monoisotopic (exact) mass is 231 g/mol. The maximum Gasteiger partial charge on any atom is 0.395 e. The van der Waals surface area contributed by atoms with E-state index in [1.165, 1.54) is 18.1 Å². The first-order chi connectivity index (χ1) is 7.06. The van der Waals surface area contributed by atoms with E-state index in [0.717, 1.165) is 0 Å². The smallest absolute Gasteiger partial charge is 0.395 e. The molecule has 0 saturated carbocycles. The lowest BCUT2D eigenvalue weighted by Crippen LogP contribution is -2.04. The summed E-state index contributed by atoms with van der Waals surface area (Å²) in [7, 11) is 1.71. The molecule has 1 heterocycles. The van der Waals surface area contributed by atoms with Crippen LogP contribution in [0.4, 0.5) is 5.82 Å². The average Bonchev–Trinajstić information content (AvgIpc) is 2.56. The van der Waals surface area contributed by atoms with Gasteiger partial charge in [-0.15, -0.1) is 0 Å². The molecular weight excluding hydrogens is 218 g/mol. The SMILES string of the molecule is CC(CO)CSc1c([N+](=O)[O-])ncn1C. The summed E-state index contributed by atoms with van der Waals surface area (Å²) in [6, 6.07) is 0. The lowest BCUT2D eigenvalue weighted by Gasteiger charge is -2.06. The Labute approximate surface area is 91.5 Å². The van der Waals surface area contributed by atoms with E-state index in [-0.39, 0.29) is 18.3 Å². The van der Waals surface area contributed by atoms with Crippen LogP contribution in [0.2, 0.25) is 0 Å². The van der Waals surface area contributed by atoms with Crippen LogP contribution in [0.5, 0.6) is 0 Å². The maximum atomic E-state index is 10.6. The zero-order valence-electron chi connectivity index (χ0n) is 8.58. The van der Waals surface area contributed by atoms with Crippen molar-refractivity contribution < 1.29 is 10.0 Å². The van der Waals surface area contributed by atoms with Gasteiger partial charge in [0.2, 0.25) is 6.33 Å². The topological polar surface area (TPSA) is 81.2 Å². The molecule has 1 rings (SSSR count). The molecule has 1 N–H and O–H groups in total. The van der Waals surface area contributed by atoms with Gasteiger partial charge in [-0.3, -0.25) is 0 Å². The lowest BCUT2D eigenvalue weighted by atomic mass is 10.2. The van der Waals surface area contributed by atoms with Crippen LogP contribution in [0.3, 0.4) is 0 Å². The largest absolute Gasteiger partial charge is 0.396 e. The Morgan fingerprint density at radius 1 is 1.80 bits per heavy atom. The van der Waals surface area contributed by atoms with Crippen molar-refractivity contribution in [1.29, 1.82) is 0 Å². The van der Waals surface area contributed by atoms with Gasteiger partial charge in [0.05, 0.1) is 0 Å². The zero-order chi connectivity index (χ0) is 11.4. The summed E-state index contributed by atoms with van der Waals surface area (Å²) in [4.78, 5) is 13.8. The van der Waals surface area contributed by atoms with Crippen molar-refractivity contribution in [3.05, 3.63) is 16.4 Å². The van der Waals surface area contributed by atoms with Crippen molar-refractivity contribution in [2.45, 2.75) is 11.9 Å². The van der Waals surface area contributed by atoms with E-state index in [9.17, 15) is 10.1 Å². The standard InChI is InChI=1S/C8H13N3O3S/c1-6(3-12)4-15-8-7(11(13)14)9-5-10(8)2/h5-6,12H,3-4H2,1-2H3. The van der Waals surface area contributed by atoms with Gasteiger partial charge in [-0.25, -0.2) is 0 Å². The number of aliphatic hydroxyl groups excluding tert-OH is 1. The van der Waals surface area contributed by atoms with Gasteiger partial charge in [0.15, 0.2) is 5.03 Å². The summed E-state index contributed by atoms with van der Waals surface area (Å²) in [5.74, 6) is 0.633. The Hall–Kier alpha value is -1.08. The van der Waals surface area contributed by atoms with Crippen molar-refractivity contribution >= 4 is 17.6 Å². The fraction of sp³-hybridized carbons (Fsp3) is 0.625. The Kier molecular flexibility index (Phi) is 4.10. The van der Waals surface area contributed by atoms with Gasteiger partial charge in [-0.2, -0.15) is 0 Å². The second kappa shape index (κ2) is 5.13. The molecule has 0 aliphatic rings. The first-order valence-corrected chi connectivity index (χ1v) is 5.44. The van der Waals surface area contributed by atoms with Gasteiger partial charge in [0.25, 0.3) is 0 Å². The first-order valence-electron chi connectivity index (χ1n) is 4.45. The van der Waals surface area contributed by atoms with Crippen LogP contribution in [-0.4, -0.2) is 31.9 Å². The Morgan fingerprint density at radius 2 is 2.47 bits per heavy atom. The number of aryl methyl sites for hydroxylation is 1. The number of nitro groups is 1. The fourth-order valence-corrected chi connectivity index (χ4v) is 2.03. The predicted molar refractivity (Wildman–Crippen MR) is 56.8 cm³/mol. The van der Waals surface area contributed by atoms with Gasteiger partial charge in [-0.1, -0.05) is 18.7 Å². The quantitative estimate of drug-likeness (QED) is 0.465. The van der Waals surface area contributed by atoms with Gasteiger partial charge in [-0.05, 0) is 15.8 Å². The molecule has 1 aromatic heterocycles. The van der Waals surface area contributed by atoms with E-state index in [4.69, 9.17) is 5.11 Å². The summed E-state index contributed by atoms with van der Waals surface area (Å²) < 4.78 is 1.62. The first kappa shape index (κ1) is 12.0. The van der Waals surface area contributed by atoms with Crippen LogP contribution < -0.4 is 0 Å². The van der Waals surface area contributed by atoms with Crippen LogP contribution in [0.1, 0.15) is 6.92 Å². The van der Waals surface area contributed by atoms with Crippen LogP contribution in [-0.2, 0) is 7.05 Å². The van der Waals surface area contributed by atoms with Gasteiger partial charge in [0, 0.05) is 19.4 Å². The van der Waals surface area contributed by atoms with Crippen molar-refractivity contribution in [3.63, 3.8) is 0 Å². The van der Waals surface area contributed by atoms with E-state index in [1.807, 2.05) is 6.92 Å². The molecule has 0 saturated heterocycles. The second-order valence-electron chi connectivity index (χ2n) is 3.34. The van der Waals surface area contributed by atoms with E-state index in [2.05, 4.69) is 4.98 Å². The normalized spacial score (nSPS) is 12.7. The molecule has 0 aromatic carbocycles. The van der Waals surface area contributed by atoms with Crippen molar-refractivity contribution in [3.8, 4) is 0 Å². The molecular formula is C8H13N3O3S. The minimum Gasteiger partial charge on any atom is -0.396 e. The number of hydrogen-bond donors (Lipinski definition) is 1. The van der Waals surface area contributed by atoms with Gasteiger partial charge >= 0.3 is 5.82 Å². The molecule has 7 heteroatoms. The van der Waals surface area contributed by atoms with E-state index in [0.29, 0.717) is 10.8 Å². The molecule has 84 valence electrons. The van der Waals surface area contributed by atoms with Gasteiger partial charge in [0.1, 0.15) is 0 Å². The highest BCUT2D eigenvalue weighted by Crippen LogP contribution is 2.28. The Balaban J connectivity index is 2.75. The summed E-state index contributed by atoms with van der Waals surface area (Å²) in [5.41, 5.74) is 0.